The highest BCUT2D eigenvalue weighted by atomic mass is 16.2. The van der Waals surface area contributed by atoms with Gasteiger partial charge in [-0.25, -0.2) is 0 Å². The number of carbonyl (C=O) groups is 1. The van der Waals surface area contributed by atoms with Gasteiger partial charge in [0.15, 0.2) is 0 Å². The molecule has 1 unspecified atom stereocenters. The first-order chi connectivity index (χ1) is 7.81. The van der Waals surface area contributed by atoms with E-state index in [2.05, 4.69) is 19.2 Å². The average Bonchev–Trinajstić information content (AvgIpc) is 2.59. The van der Waals surface area contributed by atoms with Gasteiger partial charge in [-0.15, -0.1) is 0 Å². The number of hydrogen-bond donors (Lipinski definition) is 2. The van der Waals surface area contributed by atoms with E-state index in [1.165, 1.54) is 0 Å². The number of carbonyl (C=O) groups excluding carboxylic acids is 1. The van der Waals surface area contributed by atoms with E-state index in [0.717, 1.165) is 5.69 Å². The average molecular weight is 237 g/mol. The van der Waals surface area contributed by atoms with Crippen LogP contribution in [0.2, 0.25) is 0 Å². The van der Waals surface area contributed by atoms with Crippen molar-refractivity contribution in [3.05, 3.63) is 23.5 Å². The molecule has 1 atom stereocenters. The van der Waals surface area contributed by atoms with Gasteiger partial charge in [0.25, 0.3) is 5.91 Å². The lowest BCUT2D eigenvalue weighted by Gasteiger charge is -2.33. The van der Waals surface area contributed by atoms with Gasteiger partial charge in [0.05, 0.1) is 5.54 Å². The number of hydrogen-bond acceptors (Lipinski definition) is 2. The molecule has 1 amide bonds. The van der Waals surface area contributed by atoms with Crippen LogP contribution in [0.3, 0.4) is 0 Å². The van der Waals surface area contributed by atoms with E-state index >= 15 is 0 Å². The molecule has 3 N–H and O–H groups in total. The zero-order chi connectivity index (χ0) is 13.2. The lowest BCUT2D eigenvalue weighted by molar-refractivity contribution is 0.0874. The smallest absolute Gasteiger partial charge is 0.268 e. The summed E-state index contributed by atoms with van der Waals surface area (Å²) in [4.78, 5) is 12.2. The number of aryl methyl sites for hydroxylation is 1. The summed E-state index contributed by atoms with van der Waals surface area (Å²) in [6.07, 6.45) is 0. The predicted octanol–water partition coefficient (Wildman–Crippen LogP) is 1.44. The van der Waals surface area contributed by atoms with Crippen LogP contribution in [0.5, 0.6) is 0 Å². The molecule has 0 aromatic carbocycles. The van der Waals surface area contributed by atoms with Gasteiger partial charge < -0.3 is 15.6 Å². The first-order valence-electron chi connectivity index (χ1n) is 5.96. The van der Waals surface area contributed by atoms with Gasteiger partial charge in [-0.2, -0.15) is 0 Å². The van der Waals surface area contributed by atoms with Gasteiger partial charge in [-0.05, 0) is 31.9 Å². The molecule has 0 spiro atoms. The van der Waals surface area contributed by atoms with Crippen LogP contribution in [-0.2, 0) is 7.05 Å². The number of nitrogens with one attached hydrogen (secondary N) is 1. The normalized spacial score (nSPS) is 14.8. The Morgan fingerprint density at radius 1 is 1.53 bits per heavy atom. The molecule has 0 radical (unpaired) electrons. The van der Waals surface area contributed by atoms with E-state index in [4.69, 9.17) is 5.73 Å². The third-order valence-electron chi connectivity index (χ3n) is 3.70. The van der Waals surface area contributed by atoms with Crippen molar-refractivity contribution >= 4 is 5.91 Å². The summed E-state index contributed by atoms with van der Waals surface area (Å²) in [5.41, 5.74) is 7.12. The summed E-state index contributed by atoms with van der Waals surface area (Å²) >= 11 is 0. The lowest BCUT2D eigenvalue weighted by atomic mass is 9.88. The molecule has 0 aliphatic rings. The molecule has 0 aliphatic carbocycles. The monoisotopic (exact) mass is 237 g/mol. The molecule has 1 aromatic heterocycles. The summed E-state index contributed by atoms with van der Waals surface area (Å²) in [6, 6.07) is 3.77. The zero-order valence-electron chi connectivity index (χ0n) is 11.4. The number of aromatic nitrogens is 1. The Morgan fingerprint density at radius 2 is 2.12 bits per heavy atom. The lowest BCUT2D eigenvalue weighted by Crippen LogP contribution is -2.55. The molecule has 0 aliphatic heterocycles. The molecule has 4 nitrogen and oxygen atoms in total. The summed E-state index contributed by atoms with van der Waals surface area (Å²) < 4.78 is 1.88. The Kier molecular flexibility index (Phi) is 3.98. The number of rotatable bonds is 4. The highest BCUT2D eigenvalue weighted by molar-refractivity contribution is 5.93. The molecular formula is C13H23N3O. The maximum atomic E-state index is 12.2. The Morgan fingerprint density at radius 3 is 2.47 bits per heavy atom. The van der Waals surface area contributed by atoms with E-state index in [0.29, 0.717) is 12.2 Å². The maximum absolute atomic E-state index is 12.2. The fourth-order valence-electron chi connectivity index (χ4n) is 1.60. The fourth-order valence-corrected chi connectivity index (χ4v) is 1.60. The summed E-state index contributed by atoms with van der Waals surface area (Å²) in [7, 11) is 1.89. The Hall–Kier alpha value is -1.29. The molecule has 17 heavy (non-hydrogen) atoms. The number of nitrogens with two attached hydrogens (primary N) is 1. The third kappa shape index (κ3) is 2.69. The Bertz CT molecular complexity index is 409. The van der Waals surface area contributed by atoms with Crippen molar-refractivity contribution in [1.82, 2.24) is 9.88 Å². The summed E-state index contributed by atoms with van der Waals surface area (Å²) in [5, 5.41) is 3.03. The van der Waals surface area contributed by atoms with Gasteiger partial charge in [-0.1, -0.05) is 13.8 Å². The molecule has 0 bridgehead atoms. The zero-order valence-corrected chi connectivity index (χ0v) is 11.4. The molecule has 96 valence electrons. The van der Waals surface area contributed by atoms with Crippen molar-refractivity contribution in [1.29, 1.82) is 0 Å². The molecule has 0 saturated carbocycles. The second-order valence-electron chi connectivity index (χ2n) is 5.15. The van der Waals surface area contributed by atoms with Gasteiger partial charge in [0.1, 0.15) is 5.69 Å². The van der Waals surface area contributed by atoms with E-state index in [1.807, 2.05) is 37.6 Å². The third-order valence-corrected chi connectivity index (χ3v) is 3.70. The molecule has 0 fully saturated rings. The van der Waals surface area contributed by atoms with Crippen LogP contribution in [0.15, 0.2) is 12.1 Å². The SMILES string of the molecule is Cc1ccc(C(=O)NC(C)(CN)C(C)C)n1C. The van der Waals surface area contributed by atoms with Crippen LogP contribution >= 0.6 is 0 Å². The molecule has 1 heterocycles. The Labute approximate surface area is 103 Å². The van der Waals surface area contributed by atoms with Crippen molar-refractivity contribution < 1.29 is 4.79 Å². The second kappa shape index (κ2) is 4.92. The fraction of sp³-hybridized carbons (Fsp3) is 0.615. The quantitative estimate of drug-likeness (QED) is 0.832. The first-order valence-corrected chi connectivity index (χ1v) is 5.96. The minimum absolute atomic E-state index is 0.0674. The topological polar surface area (TPSA) is 60.1 Å². The van der Waals surface area contributed by atoms with Crippen LogP contribution in [0.4, 0.5) is 0 Å². The van der Waals surface area contributed by atoms with Crippen molar-refractivity contribution in [2.45, 2.75) is 33.2 Å². The highest BCUT2D eigenvalue weighted by Crippen LogP contribution is 2.16. The number of amides is 1. The van der Waals surface area contributed by atoms with Gasteiger partial charge >= 0.3 is 0 Å². The van der Waals surface area contributed by atoms with Crippen molar-refractivity contribution in [2.24, 2.45) is 18.7 Å². The molecule has 1 aromatic rings. The maximum Gasteiger partial charge on any atom is 0.268 e. The summed E-state index contributed by atoms with van der Waals surface area (Å²) in [5.74, 6) is 0.222. The highest BCUT2D eigenvalue weighted by Gasteiger charge is 2.29. The largest absolute Gasteiger partial charge is 0.344 e. The minimum Gasteiger partial charge on any atom is -0.344 e. The van der Waals surface area contributed by atoms with Crippen LogP contribution in [-0.4, -0.2) is 22.6 Å². The number of nitrogens with zero attached hydrogens (tertiary/aromatic N) is 1. The van der Waals surface area contributed by atoms with Crippen LogP contribution in [0, 0.1) is 12.8 Å². The van der Waals surface area contributed by atoms with Crippen LogP contribution in [0.1, 0.15) is 37.0 Å². The molecular weight excluding hydrogens is 214 g/mol. The second-order valence-corrected chi connectivity index (χ2v) is 5.15. The molecule has 4 heteroatoms. The first kappa shape index (κ1) is 13.8. The van der Waals surface area contributed by atoms with E-state index < -0.39 is 0 Å². The van der Waals surface area contributed by atoms with Crippen LogP contribution < -0.4 is 11.1 Å². The van der Waals surface area contributed by atoms with Gasteiger partial charge in [-0.3, -0.25) is 4.79 Å². The molecule has 1 rings (SSSR count). The van der Waals surface area contributed by atoms with E-state index in [-0.39, 0.29) is 17.4 Å². The summed E-state index contributed by atoms with van der Waals surface area (Å²) in [6.45, 7) is 8.50. The molecule has 0 saturated heterocycles. The van der Waals surface area contributed by atoms with Crippen molar-refractivity contribution in [3.8, 4) is 0 Å². The predicted molar refractivity (Wildman–Crippen MR) is 69.9 cm³/mol. The van der Waals surface area contributed by atoms with E-state index in [1.54, 1.807) is 0 Å². The van der Waals surface area contributed by atoms with Gasteiger partial charge in [0, 0.05) is 19.3 Å². The van der Waals surface area contributed by atoms with Crippen molar-refractivity contribution in [2.75, 3.05) is 6.54 Å². The van der Waals surface area contributed by atoms with Crippen LogP contribution in [0.25, 0.3) is 0 Å². The van der Waals surface area contributed by atoms with Gasteiger partial charge in [0.2, 0.25) is 0 Å². The Balaban J connectivity index is 2.89. The standard InChI is InChI=1S/C13H23N3O/c1-9(2)13(4,8-14)15-12(17)11-7-6-10(3)16(11)5/h6-7,9H,8,14H2,1-5H3,(H,15,17). The van der Waals surface area contributed by atoms with E-state index in [9.17, 15) is 4.79 Å². The minimum atomic E-state index is -0.366. The van der Waals surface area contributed by atoms with Crippen molar-refractivity contribution in [3.63, 3.8) is 0 Å².